The van der Waals surface area contributed by atoms with Crippen LogP contribution in [0.2, 0.25) is 0 Å². The Bertz CT molecular complexity index is 1400. The van der Waals surface area contributed by atoms with Gasteiger partial charge < -0.3 is 20.1 Å². The number of esters is 2. The first-order valence-electron chi connectivity index (χ1n) is 23.0. The fraction of sp³-hybridized carbons (Fsp3) is 0.569. The third kappa shape index (κ3) is 45.8. The number of hydrogen-bond acceptors (Lipinski definition) is 8. The smallest absolute Gasteiger partial charge is 0.462 e. The Morgan fingerprint density at radius 3 is 1.28 bits per heavy atom. The van der Waals surface area contributed by atoms with Gasteiger partial charge in [-0.1, -0.05) is 161 Å². The molecule has 0 rings (SSSR count). The highest BCUT2D eigenvalue weighted by molar-refractivity contribution is 7.47. The molecular formula is C51H82NO8P. The Balaban J connectivity index is 4.25. The molecular weight excluding hydrogens is 786 g/mol. The van der Waals surface area contributed by atoms with Gasteiger partial charge in [0, 0.05) is 19.4 Å². The molecule has 0 heterocycles. The molecule has 0 amide bonds. The molecule has 0 aromatic rings. The molecule has 0 bridgehead atoms. The minimum absolute atomic E-state index is 0.0374. The van der Waals surface area contributed by atoms with Gasteiger partial charge in [0.25, 0.3) is 0 Å². The van der Waals surface area contributed by atoms with Crippen molar-refractivity contribution in [3.8, 4) is 0 Å². The van der Waals surface area contributed by atoms with Crippen LogP contribution in [0.3, 0.4) is 0 Å². The van der Waals surface area contributed by atoms with Gasteiger partial charge in [-0.3, -0.25) is 18.6 Å². The number of unbranched alkanes of at least 4 members (excludes halogenated alkanes) is 8. The van der Waals surface area contributed by atoms with Gasteiger partial charge in [0.15, 0.2) is 6.10 Å². The normalized spacial score (nSPS) is 14.4. The van der Waals surface area contributed by atoms with Crippen molar-refractivity contribution in [2.24, 2.45) is 5.73 Å². The summed E-state index contributed by atoms with van der Waals surface area (Å²) in [6, 6.07) is 0. The summed E-state index contributed by atoms with van der Waals surface area (Å²) in [6.07, 6.45) is 62.3. The molecule has 0 fully saturated rings. The summed E-state index contributed by atoms with van der Waals surface area (Å²) in [7, 11) is -4.40. The van der Waals surface area contributed by atoms with Crippen molar-refractivity contribution < 1.29 is 37.6 Å². The van der Waals surface area contributed by atoms with Crippen LogP contribution in [0.1, 0.15) is 155 Å². The van der Waals surface area contributed by atoms with E-state index in [0.29, 0.717) is 12.8 Å². The maximum atomic E-state index is 12.6. The second kappa shape index (κ2) is 45.9. The van der Waals surface area contributed by atoms with Crippen molar-refractivity contribution in [3.63, 3.8) is 0 Å². The Morgan fingerprint density at radius 1 is 0.492 bits per heavy atom. The van der Waals surface area contributed by atoms with Crippen molar-refractivity contribution in [1.82, 2.24) is 0 Å². The summed E-state index contributed by atoms with van der Waals surface area (Å²) in [5.41, 5.74) is 5.35. The molecule has 9 nitrogen and oxygen atoms in total. The molecule has 0 aromatic carbocycles. The van der Waals surface area contributed by atoms with E-state index in [9.17, 15) is 19.0 Å². The lowest BCUT2D eigenvalue weighted by atomic mass is 10.1. The van der Waals surface area contributed by atoms with Gasteiger partial charge in [0.05, 0.1) is 13.2 Å². The molecule has 0 aliphatic carbocycles. The van der Waals surface area contributed by atoms with E-state index in [4.69, 9.17) is 24.3 Å². The molecule has 0 saturated heterocycles. The van der Waals surface area contributed by atoms with Gasteiger partial charge in [0.2, 0.25) is 0 Å². The third-order valence-corrected chi connectivity index (χ3v) is 9.83. The van der Waals surface area contributed by atoms with Gasteiger partial charge in [-0.15, -0.1) is 0 Å². The summed E-state index contributed by atoms with van der Waals surface area (Å²) >= 11 is 0. The number of allylic oxidation sites excluding steroid dienone is 20. The second-order valence-electron chi connectivity index (χ2n) is 14.5. The van der Waals surface area contributed by atoms with Crippen LogP contribution < -0.4 is 5.73 Å². The predicted octanol–water partition coefficient (Wildman–Crippen LogP) is 13.7. The number of ether oxygens (including phenoxy) is 2. The molecule has 61 heavy (non-hydrogen) atoms. The molecule has 3 N–H and O–H groups in total. The van der Waals surface area contributed by atoms with E-state index in [1.807, 2.05) is 0 Å². The van der Waals surface area contributed by atoms with E-state index in [1.165, 1.54) is 0 Å². The van der Waals surface area contributed by atoms with E-state index in [2.05, 4.69) is 135 Å². The Labute approximate surface area is 371 Å². The summed E-state index contributed by atoms with van der Waals surface area (Å²) in [5.74, 6) is -0.901. The lowest BCUT2D eigenvalue weighted by Gasteiger charge is -2.19. The first kappa shape index (κ1) is 57.4. The number of carbonyl (C=O) groups is 2. The summed E-state index contributed by atoms with van der Waals surface area (Å²) in [4.78, 5) is 34.9. The molecule has 0 aromatic heterocycles. The van der Waals surface area contributed by atoms with Crippen LogP contribution >= 0.6 is 7.82 Å². The van der Waals surface area contributed by atoms with Crippen molar-refractivity contribution in [3.05, 3.63) is 122 Å². The van der Waals surface area contributed by atoms with Crippen molar-refractivity contribution >= 4 is 19.8 Å². The number of phosphoric ester groups is 1. The van der Waals surface area contributed by atoms with Crippen LogP contribution in [0, 0.1) is 0 Å². The molecule has 2 unspecified atom stereocenters. The quantitative estimate of drug-likeness (QED) is 0.0266. The average Bonchev–Trinajstić information content (AvgIpc) is 3.25. The lowest BCUT2D eigenvalue weighted by molar-refractivity contribution is -0.161. The maximum Gasteiger partial charge on any atom is 0.472 e. The van der Waals surface area contributed by atoms with Crippen LogP contribution in [-0.2, 0) is 32.7 Å². The number of carbonyl (C=O) groups excluding carboxylic acids is 2. The maximum absolute atomic E-state index is 12.6. The molecule has 10 heteroatoms. The van der Waals surface area contributed by atoms with Crippen LogP contribution in [-0.4, -0.2) is 49.3 Å². The van der Waals surface area contributed by atoms with Gasteiger partial charge in [-0.05, 0) is 103 Å². The zero-order valence-electron chi connectivity index (χ0n) is 37.8. The molecule has 0 spiro atoms. The number of nitrogens with two attached hydrogens (primary N) is 1. The number of rotatable bonds is 41. The van der Waals surface area contributed by atoms with Crippen molar-refractivity contribution in [2.75, 3.05) is 26.4 Å². The summed E-state index contributed by atoms with van der Waals surface area (Å²) < 4.78 is 32.8. The van der Waals surface area contributed by atoms with E-state index >= 15 is 0 Å². The third-order valence-electron chi connectivity index (χ3n) is 8.84. The van der Waals surface area contributed by atoms with Crippen LogP contribution in [0.4, 0.5) is 0 Å². The van der Waals surface area contributed by atoms with E-state index in [1.54, 1.807) is 0 Å². The first-order chi connectivity index (χ1) is 29.8. The Hall–Kier alpha value is -3.59. The van der Waals surface area contributed by atoms with Gasteiger partial charge in [-0.2, -0.15) is 0 Å². The topological polar surface area (TPSA) is 134 Å². The monoisotopic (exact) mass is 868 g/mol. The van der Waals surface area contributed by atoms with Gasteiger partial charge in [-0.25, -0.2) is 4.57 Å². The van der Waals surface area contributed by atoms with Crippen LogP contribution in [0.5, 0.6) is 0 Å². The van der Waals surface area contributed by atoms with E-state index in [-0.39, 0.29) is 32.6 Å². The largest absolute Gasteiger partial charge is 0.472 e. The fourth-order valence-corrected chi connectivity index (χ4v) is 6.27. The highest BCUT2D eigenvalue weighted by atomic mass is 31.2. The number of hydrogen-bond donors (Lipinski definition) is 2. The average molecular weight is 868 g/mol. The van der Waals surface area contributed by atoms with Crippen molar-refractivity contribution in [2.45, 2.75) is 161 Å². The highest BCUT2D eigenvalue weighted by Gasteiger charge is 2.26. The van der Waals surface area contributed by atoms with E-state index < -0.39 is 32.5 Å². The summed E-state index contributed by atoms with van der Waals surface area (Å²) in [6.45, 7) is 3.41. The van der Waals surface area contributed by atoms with Gasteiger partial charge >= 0.3 is 19.8 Å². The fourth-order valence-electron chi connectivity index (χ4n) is 5.51. The zero-order valence-corrected chi connectivity index (χ0v) is 38.7. The SMILES string of the molecule is CC/C=C\C/C=C\C/C=C\C/C=C\C/C=C\C/C=C\C/C=C\CCCCCC(=O)OC(COC(=O)CCCCCCC/C=C\C/C=C\C/C=C\CC)COP(=O)(O)OCCN. The molecule has 0 aliphatic heterocycles. The minimum atomic E-state index is -4.40. The Morgan fingerprint density at radius 2 is 0.852 bits per heavy atom. The lowest BCUT2D eigenvalue weighted by Crippen LogP contribution is -2.29. The van der Waals surface area contributed by atoms with Crippen molar-refractivity contribution in [1.29, 1.82) is 0 Å². The summed E-state index contributed by atoms with van der Waals surface area (Å²) in [5, 5.41) is 0. The zero-order chi connectivity index (χ0) is 44.6. The number of phosphoric acid groups is 1. The standard InChI is InChI=1S/C51H82NO8P/c1-3-5-7-9-11-13-15-17-19-20-21-22-23-24-25-26-27-28-30-32-34-36-38-40-42-44-51(54)60-49(48-59-61(55,56)58-46-45-52)47-57-50(53)43-41-39-37-35-33-31-29-18-16-14-12-10-8-6-4-2/h5-8,11-14,17-19,21-22,24-25,27-29,32,34,49H,3-4,9-10,15-16,20,23,26,30-31,33,35-48,52H2,1-2H3,(H,55,56)/b7-5-,8-6-,13-11-,14-12-,19-17-,22-21-,25-24-,28-27-,29-18-,34-32-. The molecule has 2 atom stereocenters. The predicted molar refractivity (Wildman–Crippen MR) is 256 cm³/mol. The minimum Gasteiger partial charge on any atom is -0.462 e. The first-order valence-corrected chi connectivity index (χ1v) is 24.5. The second-order valence-corrected chi connectivity index (χ2v) is 16.0. The molecule has 0 radical (unpaired) electrons. The van der Waals surface area contributed by atoms with E-state index in [0.717, 1.165) is 116 Å². The Kier molecular flexibility index (Phi) is 43.2. The van der Waals surface area contributed by atoms with Crippen LogP contribution in [0.15, 0.2) is 122 Å². The molecule has 0 saturated carbocycles. The highest BCUT2D eigenvalue weighted by Crippen LogP contribution is 2.43. The van der Waals surface area contributed by atoms with Gasteiger partial charge in [0.1, 0.15) is 6.61 Å². The molecule has 0 aliphatic rings. The van der Waals surface area contributed by atoms with Crippen LogP contribution in [0.25, 0.3) is 0 Å². The molecule has 344 valence electrons.